The molecular weight excluding hydrogens is 190 g/mol. The Bertz CT molecular complexity index is 218. The maximum absolute atomic E-state index is 11.8. The maximum atomic E-state index is 11.8. The molecule has 0 aromatic heterocycles. The average Bonchev–Trinajstić information content (AvgIpc) is 3.03. The van der Waals surface area contributed by atoms with Crippen molar-refractivity contribution in [2.24, 2.45) is 11.8 Å². The van der Waals surface area contributed by atoms with Gasteiger partial charge in [-0.15, -0.1) is 0 Å². The lowest BCUT2D eigenvalue weighted by Gasteiger charge is -2.31. The van der Waals surface area contributed by atoms with Crippen molar-refractivity contribution in [2.75, 3.05) is 19.7 Å². The average molecular weight is 211 g/mol. The smallest absolute Gasteiger partial charge is 0.222 e. The van der Waals surface area contributed by atoms with Crippen molar-refractivity contribution in [3.05, 3.63) is 0 Å². The lowest BCUT2D eigenvalue weighted by Crippen LogP contribution is -2.38. The van der Waals surface area contributed by atoms with Gasteiger partial charge in [0.15, 0.2) is 0 Å². The molecule has 0 aromatic rings. The quantitative estimate of drug-likeness (QED) is 0.763. The lowest BCUT2D eigenvalue weighted by molar-refractivity contribution is -0.133. The van der Waals surface area contributed by atoms with Crippen molar-refractivity contribution < 1.29 is 9.90 Å². The summed E-state index contributed by atoms with van der Waals surface area (Å²) in [4.78, 5) is 13.8. The number of piperidine rings is 1. The van der Waals surface area contributed by atoms with Crippen LogP contribution in [-0.4, -0.2) is 35.6 Å². The van der Waals surface area contributed by atoms with Gasteiger partial charge >= 0.3 is 0 Å². The summed E-state index contributed by atoms with van der Waals surface area (Å²) in [6.07, 6.45) is 6.36. The number of hydrogen-bond donors (Lipinski definition) is 1. The van der Waals surface area contributed by atoms with Gasteiger partial charge in [0.05, 0.1) is 0 Å². The summed E-state index contributed by atoms with van der Waals surface area (Å²) < 4.78 is 0. The van der Waals surface area contributed by atoms with Crippen molar-refractivity contribution in [3.8, 4) is 0 Å². The first-order chi connectivity index (χ1) is 7.29. The minimum absolute atomic E-state index is 0.292. The molecule has 2 aliphatic rings. The van der Waals surface area contributed by atoms with Crippen molar-refractivity contribution in [2.45, 2.75) is 38.5 Å². The van der Waals surface area contributed by atoms with Crippen molar-refractivity contribution in [1.82, 2.24) is 4.90 Å². The van der Waals surface area contributed by atoms with Gasteiger partial charge in [0.1, 0.15) is 0 Å². The topological polar surface area (TPSA) is 40.5 Å². The van der Waals surface area contributed by atoms with E-state index in [0.29, 0.717) is 24.3 Å². The minimum Gasteiger partial charge on any atom is -0.396 e. The van der Waals surface area contributed by atoms with E-state index in [9.17, 15) is 4.79 Å². The summed E-state index contributed by atoms with van der Waals surface area (Å²) in [5.74, 6) is 1.70. The predicted octanol–water partition coefficient (Wildman–Crippen LogP) is 1.41. The molecule has 1 saturated heterocycles. The first kappa shape index (κ1) is 10.9. The van der Waals surface area contributed by atoms with Gasteiger partial charge in [-0.05, 0) is 43.9 Å². The Morgan fingerprint density at radius 1 is 1.13 bits per heavy atom. The molecule has 1 aliphatic heterocycles. The number of aliphatic hydroxyl groups is 1. The number of carbonyl (C=O) groups is 1. The Hall–Kier alpha value is -0.570. The lowest BCUT2D eigenvalue weighted by atomic mass is 9.94. The molecule has 2 rings (SSSR count). The van der Waals surface area contributed by atoms with E-state index in [2.05, 4.69) is 0 Å². The molecule has 1 N–H and O–H groups in total. The Morgan fingerprint density at radius 2 is 1.80 bits per heavy atom. The molecule has 15 heavy (non-hydrogen) atoms. The zero-order chi connectivity index (χ0) is 10.7. The van der Waals surface area contributed by atoms with Crippen LogP contribution in [0.2, 0.25) is 0 Å². The number of likely N-dealkylation sites (tertiary alicyclic amines) is 1. The van der Waals surface area contributed by atoms with Crippen LogP contribution in [0.15, 0.2) is 0 Å². The van der Waals surface area contributed by atoms with Crippen LogP contribution in [0.25, 0.3) is 0 Å². The first-order valence-corrected chi connectivity index (χ1v) is 6.18. The summed E-state index contributed by atoms with van der Waals surface area (Å²) in [7, 11) is 0. The molecule has 0 spiro atoms. The Balaban J connectivity index is 1.69. The van der Waals surface area contributed by atoms with Crippen LogP contribution in [0.4, 0.5) is 0 Å². The standard InChI is InChI=1S/C12H21NO2/c14-8-5-10-3-6-13(7-4-10)12(15)9-11-1-2-11/h10-11,14H,1-9H2. The Morgan fingerprint density at radius 3 is 2.33 bits per heavy atom. The molecule has 1 amide bonds. The zero-order valence-corrected chi connectivity index (χ0v) is 9.32. The molecule has 0 bridgehead atoms. The first-order valence-electron chi connectivity index (χ1n) is 6.18. The maximum Gasteiger partial charge on any atom is 0.222 e. The molecule has 1 aliphatic carbocycles. The summed E-state index contributed by atoms with van der Waals surface area (Å²) in [5, 5.41) is 8.84. The molecule has 0 aromatic carbocycles. The number of aliphatic hydroxyl groups excluding tert-OH is 1. The van der Waals surface area contributed by atoms with Gasteiger partial charge in [-0.2, -0.15) is 0 Å². The highest BCUT2D eigenvalue weighted by Crippen LogP contribution is 2.33. The minimum atomic E-state index is 0.292. The summed E-state index contributed by atoms with van der Waals surface area (Å²) in [6.45, 7) is 2.12. The van der Waals surface area contributed by atoms with Crippen molar-refractivity contribution in [1.29, 1.82) is 0 Å². The van der Waals surface area contributed by atoms with Gasteiger partial charge in [0, 0.05) is 26.1 Å². The highest BCUT2D eigenvalue weighted by molar-refractivity contribution is 5.76. The fraction of sp³-hybridized carbons (Fsp3) is 0.917. The van der Waals surface area contributed by atoms with Crippen LogP contribution < -0.4 is 0 Å². The molecular formula is C12H21NO2. The van der Waals surface area contributed by atoms with E-state index in [-0.39, 0.29) is 0 Å². The molecule has 0 unspecified atom stereocenters. The van der Waals surface area contributed by atoms with E-state index in [1.807, 2.05) is 4.90 Å². The van der Waals surface area contributed by atoms with E-state index in [4.69, 9.17) is 5.11 Å². The monoisotopic (exact) mass is 211 g/mol. The van der Waals surface area contributed by atoms with Crippen LogP contribution in [0, 0.1) is 11.8 Å². The fourth-order valence-corrected chi connectivity index (χ4v) is 2.35. The van der Waals surface area contributed by atoms with Gasteiger partial charge in [-0.1, -0.05) is 0 Å². The molecule has 3 nitrogen and oxygen atoms in total. The number of rotatable bonds is 4. The van der Waals surface area contributed by atoms with E-state index in [0.717, 1.165) is 38.8 Å². The summed E-state index contributed by atoms with van der Waals surface area (Å²) in [5.41, 5.74) is 0. The number of hydrogen-bond acceptors (Lipinski definition) is 2. The molecule has 86 valence electrons. The second kappa shape index (κ2) is 4.97. The van der Waals surface area contributed by atoms with Gasteiger partial charge in [-0.25, -0.2) is 0 Å². The second-order valence-electron chi connectivity index (χ2n) is 4.98. The third kappa shape index (κ3) is 3.20. The Kier molecular flexibility index (Phi) is 3.62. The highest BCUT2D eigenvalue weighted by atomic mass is 16.3. The van der Waals surface area contributed by atoms with E-state index in [1.165, 1.54) is 12.8 Å². The van der Waals surface area contributed by atoms with Crippen LogP contribution in [0.1, 0.15) is 38.5 Å². The molecule has 0 atom stereocenters. The third-order valence-electron chi connectivity index (χ3n) is 3.66. The molecule has 0 radical (unpaired) electrons. The normalized spacial score (nSPS) is 23.1. The van der Waals surface area contributed by atoms with E-state index < -0.39 is 0 Å². The van der Waals surface area contributed by atoms with Crippen LogP contribution in [0.3, 0.4) is 0 Å². The van der Waals surface area contributed by atoms with Gasteiger partial charge in [-0.3, -0.25) is 4.79 Å². The van der Waals surface area contributed by atoms with Gasteiger partial charge in [0.2, 0.25) is 5.91 Å². The molecule has 2 fully saturated rings. The van der Waals surface area contributed by atoms with Crippen molar-refractivity contribution >= 4 is 5.91 Å². The largest absolute Gasteiger partial charge is 0.396 e. The highest BCUT2D eigenvalue weighted by Gasteiger charge is 2.28. The number of carbonyl (C=O) groups excluding carboxylic acids is 1. The zero-order valence-electron chi connectivity index (χ0n) is 9.32. The number of amides is 1. The SMILES string of the molecule is O=C(CC1CC1)N1CCC(CCO)CC1. The second-order valence-corrected chi connectivity index (χ2v) is 4.98. The van der Waals surface area contributed by atoms with Crippen LogP contribution in [0.5, 0.6) is 0 Å². The summed E-state index contributed by atoms with van der Waals surface area (Å²) >= 11 is 0. The third-order valence-corrected chi connectivity index (χ3v) is 3.66. The van der Waals surface area contributed by atoms with Crippen LogP contribution in [-0.2, 0) is 4.79 Å². The molecule has 3 heteroatoms. The number of nitrogens with zero attached hydrogens (tertiary/aromatic N) is 1. The van der Waals surface area contributed by atoms with E-state index in [1.54, 1.807) is 0 Å². The van der Waals surface area contributed by atoms with Gasteiger partial charge in [0.25, 0.3) is 0 Å². The van der Waals surface area contributed by atoms with Crippen molar-refractivity contribution in [3.63, 3.8) is 0 Å². The predicted molar refractivity (Wildman–Crippen MR) is 58.3 cm³/mol. The van der Waals surface area contributed by atoms with E-state index >= 15 is 0 Å². The fourth-order valence-electron chi connectivity index (χ4n) is 2.35. The summed E-state index contributed by atoms with van der Waals surface area (Å²) in [6, 6.07) is 0. The molecule has 1 heterocycles. The Labute approximate surface area is 91.5 Å². The van der Waals surface area contributed by atoms with Crippen LogP contribution >= 0.6 is 0 Å². The van der Waals surface area contributed by atoms with Gasteiger partial charge < -0.3 is 10.0 Å². The molecule has 1 saturated carbocycles.